The van der Waals surface area contributed by atoms with Crippen LogP contribution in [0.4, 0.5) is 0 Å². The predicted molar refractivity (Wildman–Crippen MR) is 112 cm³/mol. The molecule has 0 amide bonds. The van der Waals surface area contributed by atoms with Gasteiger partial charge in [0.2, 0.25) is 0 Å². The first-order valence-corrected chi connectivity index (χ1v) is 18.0. The van der Waals surface area contributed by atoms with E-state index in [0.717, 1.165) is 0 Å². The van der Waals surface area contributed by atoms with Crippen molar-refractivity contribution in [2.45, 2.75) is 89.6 Å². The standard InChI is InChI=1S/2C11H17Si.2ClH.Ti/c2*1-3-10-5-6-11(9-10)12(2)7-4-8-12;;;/h2*6H,3-5,7-8H2,1-2H3;2*1H;/q;;;;+2/p-2. The Morgan fingerprint density at radius 3 is 1.37 bits per heavy atom. The topological polar surface area (TPSA) is 0 Å². The van der Waals surface area contributed by atoms with Crippen LogP contribution in [-0.4, -0.2) is 16.1 Å². The predicted octanol–water partition coefficient (Wildman–Crippen LogP) is 1.11. The minimum Gasteiger partial charge on any atom is -1.00 e. The van der Waals surface area contributed by atoms with E-state index in [1.165, 1.54) is 38.5 Å². The van der Waals surface area contributed by atoms with Gasteiger partial charge in [-0.25, -0.2) is 0 Å². The molecule has 148 valence electrons. The molecule has 5 heteroatoms. The minimum atomic E-state index is -1.05. The summed E-state index contributed by atoms with van der Waals surface area (Å²) in [7, 11) is -2.09. The van der Waals surface area contributed by atoms with E-state index in [9.17, 15) is 0 Å². The molecule has 0 spiro atoms. The zero-order valence-corrected chi connectivity index (χ0v) is 22.6. The summed E-state index contributed by atoms with van der Waals surface area (Å²) in [5.41, 5.74) is 3.68. The second kappa shape index (κ2) is 9.23. The van der Waals surface area contributed by atoms with E-state index in [0.29, 0.717) is 0 Å². The number of rotatable bonds is 6. The van der Waals surface area contributed by atoms with Crippen molar-refractivity contribution in [1.82, 2.24) is 0 Å². The summed E-state index contributed by atoms with van der Waals surface area (Å²) in [4.78, 5) is 0. The third kappa shape index (κ3) is 4.14. The zero-order chi connectivity index (χ0) is 17.7. The van der Waals surface area contributed by atoms with Crippen LogP contribution in [0, 0.1) is 0 Å². The van der Waals surface area contributed by atoms with Crippen LogP contribution in [0.2, 0.25) is 37.3 Å². The fourth-order valence-electron chi connectivity index (χ4n) is 5.37. The Morgan fingerprint density at radius 2 is 1.11 bits per heavy atom. The third-order valence-electron chi connectivity index (χ3n) is 7.67. The van der Waals surface area contributed by atoms with Crippen molar-refractivity contribution in [1.29, 1.82) is 0 Å². The van der Waals surface area contributed by atoms with Crippen LogP contribution >= 0.6 is 0 Å². The van der Waals surface area contributed by atoms with Crippen molar-refractivity contribution < 1.29 is 44.0 Å². The number of allylic oxidation sites excluding steroid dienone is 8. The molecule has 2 saturated heterocycles. The van der Waals surface area contributed by atoms with Crippen LogP contribution < -0.4 is 24.8 Å². The molecule has 2 aliphatic heterocycles. The number of hydrogen-bond acceptors (Lipinski definition) is 0. The van der Waals surface area contributed by atoms with Crippen molar-refractivity contribution in [3.05, 3.63) is 41.4 Å². The Morgan fingerprint density at radius 1 is 0.741 bits per heavy atom. The Hall–Kier alpha value is 0.688. The Kier molecular flexibility index (Phi) is 8.19. The molecule has 0 N–H and O–H groups in total. The molecule has 0 atom stereocenters. The van der Waals surface area contributed by atoms with Crippen molar-refractivity contribution >= 4 is 16.1 Å². The van der Waals surface area contributed by atoms with Crippen molar-refractivity contribution in [2.24, 2.45) is 0 Å². The van der Waals surface area contributed by atoms with Gasteiger partial charge in [0.25, 0.3) is 0 Å². The molecule has 27 heavy (non-hydrogen) atoms. The Bertz CT molecular complexity index is 650. The summed E-state index contributed by atoms with van der Waals surface area (Å²) in [5, 5.41) is 3.90. The van der Waals surface area contributed by atoms with Crippen molar-refractivity contribution in [2.75, 3.05) is 0 Å². The fourth-order valence-corrected chi connectivity index (χ4v) is 17.9. The average molecular weight is 473 g/mol. The van der Waals surface area contributed by atoms with Gasteiger partial charge in [0.15, 0.2) is 0 Å². The van der Waals surface area contributed by atoms with Crippen LogP contribution in [-0.2, 0) is 19.2 Å². The van der Waals surface area contributed by atoms with E-state index in [-0.39, 0.29) is 44.0 Å². The molecule has 0 aromatic carbocycles. The van der Waals surface area contributed by atoms with Crippen LogP contribution in [0.15, 0.2) is 41.4 Å². The molecule has 0 radical (unpaired) electrons. The number of halogens is 2. The molecule has 0 bridgehead atoms. The fraction of sp³-hybridized carbons (Fsp3) is 0.636. The van der Waals surface area contributed by atoms with Gasteiger partial charge in [-0.05, 0) is 0 Å². The SMILES string of the molecule is CCC1=[C]([Ti+2][C]2=C(CC)CC=C2[Si]2(C)CCC2)C([Si]2(C)CCC2)=CC1.[Cl-].[Cl-]. The molecular formula is C22H34Cl2Si2Ti. The molecule has 0 aromatic rings. The van der Waals surface area contributed by atoms with Crippen LogP contribution in [0.25, 0.3) is 0 Å². The van der Waals surface area contributed by atoms with E-state index >= 15 is 0 Å². The van der Waals surface area contributed by atoms with E-state index in [1.54, 1.807) is 24.2 Å². The summed E-state index contributed by atoms with van der Waals surface area (Å²) in [5.74, 6) is 0. The first-order valence-electron chi connectivity index (χ1n) is 10.6. The van der Waals surface area contributed by atoms with Gasteiger partial charge < -0.3 is 24.8 Å². The molecule has 0 aromatic heterocycles. The maximum absolute atomic E-state index is 2.70. The van der Waals surface area contributed by atoms with Gasteiger partial charge in [-0.3, -0.25) is 0 Å². The van der Waals surface area contributed by atoms with Gasteiger partial charge >= 0.3 is 166 Å². The Labute approximate surface area is 190 Å². The molecule has 4 aliphatic rings. The zero-order valence-electron chi connectivity index (χ0n) is 17.5. The van der Waals surface area contributed by atoms with Crippen LogP contribution in [0.5, 0.6) is 0 Å². The largest absolute Gasteiger partial charge is 1.00 e. The summed E-state index contributed by atoms with van der Waals surface area (Å²) in [6, 6.07) is 6.28. The quantitative estimate of drug-likeness (QED) is 0.508. The second-order valence-electron chi connectivity index (χ2n) is 9.26. The first kappa shape index (κ1) is 24.0. The van der Waals surface area contributed by atoms with E-state index in [4.69, 9.17) is 0 Å². The molecule has 4 rings (SSSR count). The van der Waals surface area contributed by atoms with Gasteiger partial charge in [-0.1, -0.05) is 0 Å². The van der Waals surface area contributed by atoms with Crippen molar-refractivity contribution in [3.63, 3.8) is 0 Å². The van der Waals surface area contributed by atoms with Crippen molar-refractivity contribution in [3.8, 4) is 0 Å². The molecule has 2 heterocycles. The van der Waals surface area contributed by atoms with E-state index in [2.05, 4.69) is 39.1 Å². The second-order valence-corrected chi connectivity index (χ2v) is 20.5. The monoisotopic (exact) mass is 472 g/mol. The number of hydrogen-bond donors (Lipinski definition) is 0. The smallest absolute Gasteiger partial charge is 1.00 e. The summed E-state index contributed by atoms with van der Waals surface area (Å²) >= 11 is -0.109. The van der Waals surface area contributed by atoms with Crippen LogP contribution in [0.1, 0.15) is 52.4 Å². The van der Waals surface area contributed by atoms with E-state index < -0.39 is 16.1 Å². The Balaban J connectivity index is 0.00000131. The molecule has 0 unspecified atom stereocenters. The normalized spacial score (nSPS) is 24.9. The molecule has 2 fully saturated rings. The molecule has 0 saturated carbocycles. The summed E-state index contributed by atoms with van der Waals surface area (Å²) in [6.45, 7) is 10.2. The summed E-state index contributed by atoms with van der Waals surface area (Å²) < 4.78 is 3.92. The van der Waals surface area contributed by atoms with Gasteiger partial charge in [-0.15, -0.1) is 0 Å². The van der Waals surface area contributed by atoms with Gasteiger partial charge in [0.1, 0.15) is 0 Å². The first-order chi connectivity index (χ1) is 12.0. The maximum atomic E-state index is 2.70. The maximum Gasteiger partial charge on any atom is -1.00 e. The molecule has 2 aliphatic carbocycles. The minimum absolute atomic E-state index is 0. The third-order valence-corrected chi connectivity index (χ3v) is 20.5. The van der Waals surface area contributed by atoms with Gasteiger partial charge in [-0.2, -0.15) is 0 Å². The van der Waals surface area contributed by atoms with Crippen LogP contribution in [0.3, 0.4) is 0 Å². The van der Waals surface area contributed by atoms with E-state index in [1.807, 2.05) is 29.3 Å². The van der Waals surface area contributed by atoms with Gasteiger partial charge in [0, 0.05) is 0 Å². The van der Waals surface area contributed by atoms with Gasteiger partial charge in [0.05, 0.1) is 0 Å². The molecule has 0 nitrogen and oxygen atoms in total. The summed E-state index contributed by atoms with van der Waals surface area (Å²) in [6.07, 6.45) is 13.6. The average Bonchev–Trinajstić information content (AvgIpc) is 3.15. The molecular weight excluding hydrogens is 439 g/mol.